The maximum absolute atomic E-state index is 11.8. The van der Waals surface area contributed by atoms with Gasteiger partial charge >= 0.3 is 0 Å². The van der Waals surface area contributed by atoms with Gasteiger partial charge in [-0.05, 0) is 18.8 Å². The first-order valence-electron chi connectivity index (χ1n) is 6.77. The highest BCUT2D eigenvalue weighted by atomic mass is 16.3. The predicted molar refractivity (Wildman–Crippen MR) is 74.4 cm³/mol. The van der Waals surface area contributed by atoms with Crippen LogP contribution in [0.3, 0.4) is 0 Å². The van der Waals surface area contributed by atoms with E-state index in [0.717, 1.165) is 0 Å². The highest BCUT2D eigenvalue weighted by molar-refractivity contribution is 5.87. The molecule has 2 amide bonds. The Bertz CT molecular complexity index is 293. The Balaban J connectivity index is 4.29. The molecule has 0 aromatic carbocycles. The first-order chi connectivity index (χ1) is 8.81. The third-order valence-electron chi connectivity index (χ3n) is 3.50. The van der Waals surface area contributed by atoms with Gasteiger partial charge in [0.05, 0.1) is 24.7 Å². The largest absolute Gasteiger partial charge is 0.394 e. The molecule has 0 fully saturated rings. The smallest absolute Gasteiger partial charge is 0.239 e. The Hall–Kier alpha value is -1.14. The molecule has 0 saturated carbocycles. The first kappa shape index (κ1) is 17.9. The summed E-state index contributed by atoms with van der Waals surface area (Å²) in [5, 5.41) is 14.6. The van der Waals surface area contributed by atoms with Crippen LogP contribution in [0.5, 0.6) is 0 Å². The lowest BCUT2D eigenvalue weighted by Crippen LogP contribution is -2.54. The van der Waals surface area contributed by atoms with Crippen molar-refractivity contribution in [2.45, 2.75) is 52.1 Å². The molecular formula is C13H27N3O3. The monoisotopic (exact) mass is 273 g/mol. The number of carbonyl (C=O) groups is 2. The van der Waals surface area contributed by atoms with Crippen LogP contribution in [0.15, 0.2) is 0 Å². The number of hydrogen-bond donors (Lipinski definition) is 4. The molecule has 6 nitrogen and oxygen atoms in total. The molecule has 0 unspecified atom stereocenters. The van der Waals surface area contributed by atoms with Crippen molar-refractivity contribution in [2.75, 3.05) is 13.2 Å². The normalized spacial score (nSPS) is 13.2. The lowest BCUT2D eigenvalue weighted by Gasteiger charge is -2.30. The Kier molecular flexibility index (Phi) is 7.63. The van der Waals surface area contributed by atoms with Crippen LogP contribution in [0, 0.1) is 5.92 Å². The predicted octanol–water partition coefficient (Wildman–Crippen LogP) is -0.247. The highest BCUT2D eigenvalue weighted by Gasteiger charge is 2.27. The maximum atomic E-state index is 11.8. The number of aliphatic hydroxyl groups excluding tert-OH is 1. The fraction of sp³-hybridized carbons (Fsp3) is 0.846. The standard InChI is InChI=1S/C13H27N3O3/c1-5-13(6-2,8-17)16-10(18)7-15-12(19)11(14)9(3)4/h9,11,17H,5-8,14H2,1-4H3,(H,15,19)(H,16,18)/t11-/m0/s1. The summed E-state index contributed by atoms with van der Waals surface area (Å²) in [5.41, 5.74) is 5.06. The van der Waals surface area contributed by atoms with Gasteiger partial charge in [-0.15, -0.1) is 0 Å². The van der Waals surface area contributed by atoms with Crippen molar-refractivity contribution in [1.82, 2.24) is 10.6 Å². The third-order valence-corrected chi connectivity index (χ3v) is 3.50. The van der Waals surface area contributed by atoms with Gasteiger partial charge in [0.25, 0.3) is 0 Å². The maximum Gasteiger partial charge on any atom is 0.239 e. The minimum atomic E-state index is -0.618. The number of aliphatic hydroxyl groups is 1. The summed E-state index contributed by atoms with van der Waals surface area (Å²) >= 11 is 0. The van der Waals surface area contributed by atoms with Gasteiger partial charge in [0.1, 0.15) is 0 Å². The first-order valence-corrected chi connectivity index (χ1v) is 6.77. The average molecular weight is 273 g/mol. The Morgan fingerprint density at radius 3 is 2.16 bits per heavy atom. The van der Waals surface area contributed by atoms with Crippen molar-refractivity contribution >= 4 is 11.8 Å². The van der Waals surface area contributed by atoms with Gasteiger partial charge in [-0.3, -0.25) is 9.59 Å². The zero-order valence-electron chi connectivity index (χ0n) is 12.3. The number of carbonyl (C=O) groups excluding carboxylic acids is 2. The molecule has 0 aromatic heterocycles. The lowest BCUT2D eigenvalue weighted by atomic mass is 9.94. The molecule has 6 heteroatoms. The van der Waals surface area contributed by atoms with E-state index in [0.29, 0.717) is 12.8 Å². The van der Waals surface area contributed by atoms with Crippen molar-refractivity contribution < 1.29 is 14.7 Å². The summed E-state index contributed by atoms with van der Waals surface area (Å²) in [4.78, 5) is 23.4. The van der Waals surface area contributed by atoms with Crippen LogP contribution >= 0.6 is 0 Å². The van der Waals surface area contributed by atoms with Crippen molar-refractivity contribution in [3.05, 3.63) is 0 Å². The lowest BCUT2D eigenvalue weighted by molar-refractivity contribution is -0.128. The average Bonchev–Trinajstić information content (AvgIpc) is 2.41. The second kappa shape index (κ2) is 8.12. The van der Waals surface area contributed by atoms with Gasteiger partial charge in [0.15, 0.2) is 0 Å². The van der Waals surface area contributed by atoms with Crippen LogP contribution in [0.25, 0.3) is 0 Å². The minimum Gasteiger partial charge on any atom is -0.394 e. The van der Waals surface area contributed by atoms with E-state index in [-0.39, 0.29) is 30.9 Å². The molecular weight excluding hydrogens is 246 g/mol. The van der Waals surface area contributed by atoms with Crippen LogP contribution in [0.2, 0.25) is 0 Å². The molecule has 5 N–H and O–H groups in total. The SMILES string of the molecule is CCC(CC)(CO)NC(=O)CNC(=O)[C@@H](N)C(C)C. The molecule has 0 spiro atoms. The molecule has 112 valence electrons. The van der Waals surface area contributed by atoms with E-state index in [1.807, 2.05) is 27.7 Å². The Labute approximate surface area is 115 Å². The Morgan fingerprint density at radius 2 is 1.79 bits per heavy atom. The number of nitrogens with two attached hydrogens (primary N) is 1. The summed E-state index contributed by atoms with van der Waals surface area (Å²) in [7, 11) is 0. The van der Waals surface area contributed by atoms with Gasteiger partial charge in [-0.25, -0.2) is 0 Å². The van der Waals surface area contributed by atoms with E-state index in [2.05, 4.69) is 10.6 Å². The third kappa shape index (κ3) is 5.57. The van der Waals surface area contributed by atoms with E-state index in [1.54, 1.807) is 0 Å². The molecule has 0 aliphatic carbocycles. The summed E-state index contributed by atoms with van der Waals surface area (Å²) in [6.45, 7) is 7.23. The Morgan fingerprint density at radius 1 is 1.26 bits per heavy atom. The zero-order valence-corrected chi connectivity index (χ0v) is 12.3. The van der Waals surface area contributed by atoms with E-state index in [1.165, 1.54) is 0 Å². The van der Waals surface area contributed by atoms with Crippen LogP contribution in [-0.4, -0.2) is 41.7 Å². The summed E-state index contributed by atoms with van der Waals surface area (Å²) in [6, 6.07) is -0.618. The number of rotatable bonds is 8. The van der Waals surface area contributed by atoms with Crippen molar-refractivity contribution in [3.63, 3.8) is 0 Å². The van der Waals surface area contributed by atoms with Crippen molar-refractivity contribution in [1.29, 1.82) is 0 Å². The van der Waals surface area contributed by atoms with Crippen LogP contribution in [0.4, 0.5) is 0 Å². The fourth-order valence-corrected chi connectivity index (χ4v) is 1.62. The molecule has 19 heavy (non-hydrogen) atoms. The molecule has 0 aliphatic rings. The zero-order chi connectivity index (χ0) is 15.1. The summed E-state index contributed by atoms with van der Waals surface area (Å²) in [5.74, 6) is -0.638. The molecule has 1 atom stereocenters. The fourth-order valence-electron chi connectivity index (χ4n) is 1.62. The number of hydrogen-bond acceptors (Lipinski definition) is 4. The quantitative estimate of drug-likeness (QED) is 0.489. The molecule has 0 aromatic rings. The topological polar surface area (TPSA) is 104 Å². The summed E-state index contributed by atoms with van der Waals surface area (Å²) in [6.07, 6.45) is 1.26. The number of amides is 2. The molecule has 0 radical (unpaired) electrons. The molecule has 0 heterocycles. The van der Waals surface area contributed by atoms with E-state index in [4.69, 9.17) is 5.73 Å². The van der Waals surface area contributed by atoms with Crippen LogP contribution in [0.1, 0.15) is 40.5 Å². The molecule has 0 saturated heterocycles. The van der Waals surface area contributed by atoms with Gasteiger partial charge in [-0.2, -0.15) is 0 Å². The second-order valence-electron chi connectivity index (χ2n) is 5.18. The molecule has 0 aliphatic heterocycles. The summed E-state index contributed by atoms with van der Waals surface area (Å²) < 4.78 is 0. The number of nitrogens with one attached hydrogen (secondary N) is 2. The van der Waals surface area contributed by atoms with E-state index >= 15 is 0 Å². The minimum absolute atomic E-state index is 0.0193. The molecule has 0 bridgehead atoms. The van der Waals surface area contributed by atoms with Crippen molar-refractivity contribution in [2.24, 2.45) is 11.7 Å². The molecule has 0 rings (SSSR count). The van der Waals surface area contributed by atoms with E-state index in [9.17, 15) is 14.7 Å². The van der Waals surface area contributed by atoms with Crippen molar-refractivity contribution in [3.8, 4) is 0 Å². The van der Waals surface area contributed by atoms with Gasteiger partial charge in [-0.1, -0.05) is 27.7 Å². The highest BCUT2D eigenvalue weighted by Crippen LogP contribution is 2.13. The van der Waals surface area contributed by atoms with Gasteiger partial charge < -0.3 is 21.5 Å². The van der Waals surface area contributed by atoms with Crippen LogP contribution in [-0.2, 0) is 9.59 Å². The van der Waals surface area contributed by atoms with Crippen LogP contribution < -0.4 is 16.4 Å². The second-order valence-corrected chi connectivity index (χ2v) is 5.18. The van der Waals surface area contributed by atoms with Gasteiger partial charge in [0, 0.05) is 0 Å². The van der Waals surface area contributed by atoms with Gasteiger partial charge in [0.2, 0.25) is 11.8 Å². The van der Waals surface area contributed by atoms with E-state index < -0.39 is 11.6 Å².